The third-order valence-corrected chi connectivity index (χ3v) is 1.55. The SMILES string of the molecule is [CH2]C(NC(=O)OC(C)(C)C)C(C)C=O. The van der Waals surface area contributed by atoms with E-state index in [9.17, 15) is 9.59 Å². The van der Waals surface area contributed by atoms with Crippen molar-refractivity contribution < 1.29 is 14.3 Å². The van der Waals surface area contributed by atoms with E-state index in [1.165, 1.54) is 0 Å². The third-order valence-electron chi connectivity index (χ3n) is 1.55. The van der Waals surface area contributed by atoms with Crippen molar-refractivity contribution in [3.8, 4) is 0 Å². The molecule has 81 valence electrons. The largest absolute Gasteiger partial charge is 0.444 e. The fourth-order valence-corrected chi connectivity index (χ4v) is 0.685. The Hall–Kier alpha value is -1.06. The normalized spacial score (nSPS) is 15.5. The van der Waals surface area contributed by atoms with E-state index in [2.05, 4.69) is 12.2 Å². The first-order chi connectivity index (χ1) is 6.26. The van der Waals surface area contributed by atoms with Gasteiger partial charge in [-0.25, -0.2) is 4.79 Å². The van der Waals surface area contributed by atoms with E-state index in [1.54, 1.807) is 27.7 Å². The van der Waals surface area contributed by atoms with Crippen molar-refractivity contribution in [2.45, 2.75) is 39.3 Å². The molecule has 2 atom stereocenters. The van der Waals surface area contributed by atoms with Gasteiger partial charge in [0.15, 0.2) is 0 Å². The average Bonchev–Trinajstić information content (AvgIpc) is 1.99. The van der Waals surface area contributed by atoms with E-state index in [1.807, 2.05) is 0 Å². The van der Waals surface area contributed by atoms with Gasteiger partial charge in [-0.2, -0.15) is 0 Å². The zero-order valence-corrected chi connectivity index (χ0v) is 9.16. The maximum absolute atomic E-state index is 11.2. The highest BCUT2D eigenvalue weighted by Gasteiger charge is 2.19. The average molecular weight is 200 g/mol. The Balaban J connectivity index is 4.01. The maximum atomic E-state index is 11.2. The quantitative estimate of drug-likeness (QED) is 0.703. The Morgan fingerprint density at radius 1 is 1.50 bits per heavy atom. The van der Waals surface area contributed by atoms with Crippen molar-refractivity contribution in [1.29, 1.82) is 0 Å². The molecule has 0 aromatic heterocycles. The molecule has 0 aromatic carbocycles. The number of alkyl carbamates (subject to hydrolysis) is 1. The molecule has 0 spiro atoms. The van der Waals surface area contributed by atoms with E-state index in [0.717, 1.165) is 6.29 Å². The lowest BCUT2D eigenvalue weighted by Crippen LogP contribution is -2.41. The Labute approximate surface area is 85.0 Å². The van der Waals surface area contributed by atoms with Crippen LogP contribution in [0.25, 0.3) is 0 Å². The Morgan fingerprint density at radius 2 is 2.00 bits per heavy atom. The highest BCUT2D eigenvalue weighted by atomic mass is 16.6. The highest BCUT2D eigenvalue weighted by molar-refractivity contribution is 5.69. The van der Waals surface area contributed by atoms with E-state index in [0.29, 0.717) is 0 Å². The highest BCUT2D eigenvalue weighted by Crippen LogP contribution is 2.07. The zero-order chi connectivity index (χ0) is 11.4. The van der Waals surface area contributed by atoms with Crippen LogP contribution in [0, 0.1) is 12.8 Å². The molecular weight excluding hydrogens is 182 g/mol. The fourth-order valence-electron chi connectivity index (χ4n) is 0.685. The third kappa shape index (κ3) is 5.56. The van der Waals surface area contributed by atoms with Crippen molar-refractivity contribution in [3.63, 3.8) is 0 Å². The van der Waals surface area contributed by atoms with Gasteiger partial charge in [-0.15, -0.1) is 0 Å². The van der Waals surface area contributed by atoms with Gasteiger partial charge in [0.25, 0.3) is 0 Å². The molecule has 0 aliphatic heterocycles. The van der Waals surface area contributed by atoms with Crippen LogP contribution in [-0.2, 0) is 9.53 Å². The van der Waals surface area contributed by atoms with Gasteiger partial charge in [-0.1, -0.05) is 6.92 Å². The molecule has 1 N–H and O–H groups in total. The predicted octanol–water partition coefficient (Wildman–Crippen LogP) is 1.55. The molecule has 4 nitrogen and oxygen atoms in total. The number of ether oxygens (including phenoxy) is 1. The number of carbonyl (C=O) groups excluding carboxylic acids is 2. The lowest BCUT2D eigenvalue weighted by molar-refractivity contribution is -0.111. The molecular formula is C10H18NO3. The zero-order valence-electron chi connectivity index (χ0n) is 9.16. The van der Waals surface area contributed by atoms with Gasteiger partial charge in [0.2, 0.25) is 0 Å². The van der Waals surface area contributed by atoms with E-state index >= 15 is 0 Å². The summed E-state index contributed by atoms with van der Waals surface area (Å²) >= 11 is 0. The van der Waals surface area contributed by atoms with E-state index < -0.39 is 17.7 Å². The molecule has 0 aliphatic carbocycles. The number of amides is 1. The molecule has 2 unspecified atom stereocenters. The van der Waals surface area contributed by atoms with Crippen molar-refractivity contribution in [2.75, 3.05) is 0 Å². The molecule has 0 bridgehead atoms. The summed E-state index contributed by atoms with van der Waals surface area (Å²) in [4.78, 5) is 21.6. The second kappa shape index (κ2) is 4.98. The number of nitrogens with one attached hydrogen (secondary N) is 1. The maximum Gasteiger partial charge on any atom is 0.407 e. The van der Waals surface area contributed by atoms with Gasteiger partial charge in [0.1, 0.15) is 11.9 Å². The van der Waals surface area contributed by atoms with Crippen LogP contribution in [0.2, 0.25) is 0 Å². The minimum absolute atomic E-state index is 0.317. The van der Waals surface area contributed by atoms with Gasteiger partial charge in [0.05, 0.1) is 0 Å². The first kappa shape index (κ1) is 12.9. The van der Waals surface area contributed by atoms with E-state index in [4.69, 9.17) is 4.74 Å². The minimum atomic E-state index is -0.550. The van der Waals surface area contributed by atoms with Gasteiger partial charge in [0, 0.05) is 12.0 Å². The number of rotatable bonds is 3. The van der Waals surface area contributed by atoms with Crippen LogP contribution in [0.4, 0.5) is 4.79 Å². The summed E-state index contributed by atoms with van der Waals surface area (Å²) in [6, 6.07) is -0.456. The fraction of sp³-hybridized carbons (Fsp3) is 0.700. The van der Waals surface area contributed by atoms with Crippen LogP contribution in [0.1, 0.15) is 27.7 Å². The molecule has 0 aromatic rings. The molecule has 0 aliphatic rings. The van der Waals surface area contributed by atoms with Crippen molar-refractivity contribution >= 4 is 12.4 Å². The molecule has 0 heterocycles. The van der Waals surface area contributed by atoms with Crippen LogP contribution in [0.5, 0.6) is 0 Å². The second-order valence-corrected chi connectivity index (χ2v) is 4.25. The molecule has 0 saturated heterocycles. The molecule has 0 saturated carbocycles. The van der Waals surface area contributed by atoms with Crippen molar-refractivity contribution in [2.24, 2.45) is 5.92 Å². The standard InChI is InChI=1S/C10H18NO3/c1-7(6-12)8(2)11-9(13)14-10(3,4)5/h6-8H,2H2,1,3-5H3,(H,11,13). The Bertz CT molecular complexity index is 208. The van der Waals surface area contributed by atoms with Crippen LogP contribution >= 0.6 is 0 Å². The molecule has 4 heteroatoms. The Kier molecular flexibility index (Phi) is 4.60. The lowest BCUT2D eigenvalue weighted by atomic mass is 10.1. The summed E-state index contributed by atoms with van der Waals surface area (Å²) in [5, 5.41) is 2.48. The van der Waals surface area contributed by atoms with Gasteiger partial charge < -0.3 is 14.8 Å². The van der Waals surface area contributed by atoms with Crippen LogP contribution in [0.3, 0.4) is 0 Å². The van der Waals surface area contributed by atoms with Gasteiger partial charge in [-0.05, 0) is 27.7 Å². The molecule has 0 rings (SSSR count). The van der Waals surface area contributed by atoms with Crippen molar-refractivity contribution in [3.05, 3.63) is 6.92 Å². The lowest BCUT2D eigenvalue weighted by Gasteiger charge is -2.22. The summed E-state index contributed by atoms with van der Waals surface area (Å²) in [6.45, 7) is 10.6. The monoisotopic (exact) mass is 200 g/mol. The molecule has 1 radical (unpaired) electrons. The molecule has 14 heavy (non-hydrogen) atoms. The predicted molar refractivity (Wildman–Crippen MR) is 53.7 cm³/mol. The van der Waals surface area contributed by atoms with Gasteiger partial charge >= 0.3 is 6.09 Å². The first-order valence-electron chi connectivity index (χ1n) is 4.54. The van der Waals surface area contributed by atoms with Crippen LogP contribution < -0.4 is 5.32 Å². The van der Waals surface area contributed by atoms with Crippen LogP contribution in [0.15, 0.2) is 0 Å². The Morgan fingerprint density at radius 3 is 2.36 bits per heavy atom. The summed E-state index contributed by atoms with van der Waals surface area (Å²) in [5.74, 6) is -0.317. The summed E-state index contributed by atoms with van der Waals surface area (Å²) in [7, 11) is 0. The van der Waals surface area contributed by atoms with E-state index in [-0.39, 0.29) is 5.92 Å². The smallest absolute Gasteiger partial charge is 0.407 e. The van der Waals surface area contributed by atoms with Gasteiger partial charge in [-0.3, -0.25) is 0 Å². The molecule has 0 fully saturated rings. The summed E-state index contributed by atoms with van der Waals surface area (Å²) in [6.07, 6.45) is 0.195. The minimum Gasteiger partial charge on any atom is -0.444 e. The number of hydrogen-bond donors (Lipinski definition) is 1. The number of aldehydes is 1. The van der Waals surface area contributed by atoms with Crippen molar-refractivity contribution in [1.82, 2.24) is 5.32 Å². The number of carbonyl (C=O) groups is 2. The first-order valence-corrected chi connectivity index (χ1v) is 4.54. The summed E-state index contributed by atoms with van der Waals surface area (Å²) in [5.41, 5.74) is -0.534. The van der Waals surface area contributed by atoms with Crippen LogP contribution in [-0.4, -0.2) is 24.0 Å². The second-order valence-electron chi connectivity index (χ2n) is 4.25. The summed E-state index contributed by atoms with van der Waals surface area (Å²) < 4.78 is 5.00. The molecule has 1 amide bonds. The topological polar surface area (TPSA) is 55.4 Å². The number of hydrogen-bond acceptors (Lipinski definition) is 3.